The molecular weight excluding hydrogens is 504 g/mol. The Hall–Kier alpha value is -4.72. The molecule has 40 heavy (non-hydrogen) atoms. The Bertz CT molecular complexity index is 1490. The van der Waals surface area contributed by atoms with Crippen molar-refractivity contribution in [2.45, 2.75) is 33.6 Å². The zero-order valence-electron chi connectivity index (χ0n) is 23.5. The molecule has 0 aliphatic rings. The van der Waals surface area contributed by atoms with Crippen LogP contribution < -0.4 is 21.5 Å². The number of amides is 2. The van der Waals surface area contributed by atoms with Gasteiger partial charge in [-0.2, -0.15) is 0 Å². The lowest BCUT2D eigenvalue weighted by Crippen LogP contribution is -2.27. The summed E-state index contributed by atoms with van der Waals surface area (Å²) in [5, 5.41) is 14.6. The largest absolute Gasteiger partial charge is 0.505 e. The maximum Gasteiger partial charge on any atom is 0.259 e. The molecule has 8 heteroatoms. The van der Waals surface area contributed by atoms with Gasteiger partial charge in [-0.15, -0.1) is 0 Å². The van der Waals surface area contributed by atoms with Crippen LogP contribution in [-0.4, -0.2) is 42.0 Å². The van der Waals surface area contributed by atoms with Crippen LogP contribution in [0.25, 0.3) is 10.8 Å². The zero-order valence-corrected chi connectivity index (χ0v) is 23.5. The lowest BCUT2D eigenvalue weighted by Gasteiger charge is -2.16. The van der Waals surface area contributed by atoms with Gasteiger partial charge in [0.15, 0.2) is 5.75 Å². The molecule has 0 aliphatic carbocycles. The minimum absolute atomic E-state index is 0.0382. The molecule has 4 aromatic carbocycles. The van der Waals surface area contributed by atoms with Gasteiger partial charge in [-0.05, 0) is 61.0 Å². The van der Waals surface area contributed by atoms with Crippen molar-refractivity contribution in [2.75, 3.05) is 37.0 Å². The lowest BCUT2D eigenvalue weighted by atomic mass is 10.0. The number of nitrogens with two attached hydrogens (primary N) is 2. The summed E-state index contributed by atoms with van der Waals surface area (Å²) in [5.41, 5.74) is 15.2. The summed E-state index contributed by atoms with van der Waals surface area (Å²) in [4.78, 5) is 26.3. The third kappa shape index (κ3) is 7.02. The van der Waals surface area contributed by atoms with Gasteiger partial charge in [0.25, 0.3) is 11.8 Å². The van der Waals surface area contributed by atoms with Gasteiger partial charge in [0.1, 0.15) is 5.75 Å². The number of hydrogen-bond donors (Lipinski definition) is 4. The maximum absolute atomic E-state index is 12.6. The number of phenolic OH excluding ortho intramolecular Hbond substituents is 1. The van der Waals surface area contributed by atoms with Crippen LogP contribution in [0.15, 0.2) is 72.8 Å². The standard InChI is InChI=1S/C19H18N2O3.C13H20N2O/c1-2-24-16-10-6-5-9-15(16)21-19(23)14-11-12-7-3-4-8-13(12)17(20)18(14)22;1-4-8-15(3)13(16)11-7-6-10(5-2)12(14)9-11/h3-11,22H,2,20H2,1H3,(H,21,23);6-7,9H,4-5,8,14H2,1-3H3. The van der Waals surface area contributed by atoms with E-state index in [2.05, 4.69) is 19.2 Å². The molecule has 2 amide bonds. The number of carbonyl (C=O) groups excluding carboxylic acids is 2. The van der Waals surface area contributed by atoms with E-state index in [1.54, 1.807) is 41.3 Å². The number of benzene rings is 4. The highest BCUT2D eigenvalue weighted by Gasteiger charge is 2.18. The molecule has 0 atom stereocenters. The predicted octanol–water partition coefficient (Wildman–Crippen LogP) is 6.09. The van der Waals surface area contributed by atoms with E-state index >= 15 is 0 Å². The topological polar surface area (TPSA) is 131 Å². The molecule has 0 spiro atoms. The Balaban J connectivity index is 0.000000241. The number of nitrogens with zero attached hydrogens (tertiary/aromatic N) is 1. The number of hydrogen-bond acceptors (Lipinski definition) is 6. The highest BCUT2D eigenvalue weighted by Crippen LogP contribution is 2.34. The van der Waals surface area contributed by atoms with Crippen LogP contribution in [0.2, 0.25) is 0 Å². The Labute approximate surface area is 235 Å². The fraction of sp³-hybridized carbons (Fsp3) is 0.250. The molecule has 6 N–H and O–H groups in total. The van der Waals surface area contributed by atoms with Crippen molar-refractivity contribution in [3.63, 3.8) is 0 Å². The minimum atomic E-state index is -0.447. The molecule has 0 bridgehead atoms. The van der Waals surface area contributed by atoms with Crippen LogP contribution in [0.1, 0.15) is 53.5 Å². The van der Waals surface area contributed by atoms with E-state index in [0.717, 1.165) is 30.3 Å². The fourth-order valence-electron chi connectivity index (χ4n) is 4.29. The third-order valence-electron chi connectivity index (χ3n) is 6.42. The minimum Gasteiger partial charge on any atom is -0.505 e. The summed E-state index contributed by atoms with van der Waals surface area (Å²) < 4.78 is 5.50. The highest BCUT2D eigenvalue weighted by molar-refractivity contribution is 6.12. The van der Waals surface area contributed by atoms with Crippen LogP contribution in [0.5, 0.6) is 11.5 Å². The molecule has 0 saturated heterocycles. The van der Waals surface area contributed by atoms with Crippen LogP contribution in [-0.2, 0) is 6.42 Å². The van der Waals surface area contributed by atoms with Crippen LogP contribution in [0, 0.1) is 0 Å². The van der Waals surface area contributed by atoms with E-state index in [0.29, 0.717) is 34.7 Å². The Kier molecular flexibility index (Phi) is 10.4. The van der Waals surface area contributed by atoms with Crippen molar-refractivity contribution in [3.05, 3.63) is 89.5 Å². The Morgan fingerprint density at radius 1 is 0.950 bits per heavy atom. The second kappa shape index (κ2) is 13.9. The van der Waals surface area contributed by atoms with E-state index in [1.807, 2.05) is 50.4 Å². The molecule has 210 valence electrons. The number of para-hydroxylation sites is 2. The van der Waals surface area contributed by atoms with E-state index in [-0.39, 0.29) is 22.9 Å². The van der Waals surface area contributed by atoms with Gasteiger partial charge in [-0.1, -0.05) is 56.3 Å². The van der Waals surface area contributed by atoms with Crippen molar-refractivity contribution >= 4 is 39.6 Å². The van der Waals surface area contributed by atoms with Gasteiger partial charge in [0, 0.05) is 30.2 Å². The number of carbonyl (C=O) groups is 2. The van der Waals surface area contributed by atoms with Crippen molar-refractivity contribution in [2.24, 2.45) is 0 Å². The van der Waals surface area contributed by atoms with Gasteiger partial charge in [-0.25, -0.2) is 0 Å². The quantitative estimate of drug-likeness (QED) is 0.157. The summed E-state index contributed by atoms with van der Waals surface area (Å²) in [6.45, 7) is 7.23. The van der Waals surface area contributed by atoms with E-state index in [4.69, 9.17) is 16.2 Å². The number of nitrogen functional groups attached to an aromatic ring is 2. The van der Waals surface area contributed by atoms with Crippen molar-refractivity contribution in [1.82, 2.24) is 4.90 Å². The van der Waals surface area contributed by atoms with Gasteiger partial charge in [-0.3, -0.25) is 9.59 Å². The number of nitrogens with one attached hydrogen (secondary N) is 1. The first-order valence-corrected chi connectivity index (χ1v) is 13.4. The van der Waals surface area contributed by atoms with Crippen LogP contribution in [0.3, 0.4) is 0 Å². The van der Waals surface area contributed by atoms with Crippen LogP contribution >= 0.6 is 0 Å². The molecular formula is C32H38N4O4. The molecule has 0 unspecified atom stereocenters. The van der Waals surface area contributed by atoms with Crippen molar-refractivity contribution < 1.29 is 19.4 Å². The molecule has 0 fully saturated rings. The van der Waals surface area contributed by atoms with Gasteiger partial charge in [0.2, 0.25) is 0 Å². The smallest absolute Gasteiger partial charge is 0.259 e. The molecule has 0 radical (unpaired) electrons. The van der Waals surface area contributed by atoms with E-state index < -0.39 is 5.91 Å². The molecule has 0 aromatic heterocycles. The first-order chi connectivity index (χ1) is 19.2. The number of rotatable bonds is 8. The van der Waals surface area contributed by atoms with Crippen LogP contribution in [0.4, 0.5) is 17.1 Å². The Morgan fingerprint density at radius 3 is 2.33 bits per heavy atom. The maximum atomic E-state index is 12.6. The average Bonchev–Trinajstić information content (AvgIpc) is 2.96. The van der Waals surface area contributed by atoms with Gasteiger partial charge in [0.05, 0.1) is 23.5 Å². The SMILES string of the molecule is CCCN(C)C(=O)c1ccc(CC)c(N)c1.CCOc1ccccc1NC(=O)c1cc2ccccc2c(N)c1O. The summed E-state index contributed by atoms with van der Waals surface area (Å²) in [6, 6.07) is 21.6. The van der Waals surface area contributed by atoms with E-state index in [1.165, 1.54) is 0 Å². The summed E-state index contributed by atoms with van der Waals surface area (Å²) in [5.74, 6) is -0.0602. The number of aromatic hydroxyl groups is 1. The predicted molar refractivity (Wildman–Crippen MR) is 163 cm³/mol. The van der Waals surface area contributed by atoms with Gasteiger partial charge >= 0.3 is 0 Å². The molecule has 0 heterocycles. The summed E-state index contributed by atoms with van der Waals surface area (Å²) in [7, 11) is 1.82. The lowest BCUT2D eigenvalue weighted by molar-refractivity contribution is 0.0795. The number of phenols is 1. The number of anilines is 3. The second-order valence-corrected chi connectivity index (χ2v) is 9.28. The molecule has 0 aliphatic heterocycles. The number of fused-ring (bicyclic) bond motifs is 1. The first kappa shape index (κ1) is 29.8. The zero-order chi connectivity index (χ0) is 29.2. The third-order valence-corrected chi connectivity index (χ3v) is 6.42. The number of ether oxygens (including phenoxy) is 1. The van der Waals surface area contributed by atoms with Crippen molar-refractivity contribution in [3.8, 4) is 11.5 Å². The monoisotopic (exact) mass is 542 g/mol. The Morgan fingerprint density at radius 2 is 1.65 bits per heavy atom. The average molecular weight is 543 g/mol. The molecule has 8 nitrogen and oxygen atoms in total. The van der Waals surface area contributed by atoms with E-state index in [9.17, 15) is 14.7 Å². The summed E-state index contributed by atoms with van der Waals surface area (Å²) in [6.07, 6.45) is 1.86. The van der Waals surface area contributed by atoms with Crippen molar-refractivity contribution in [1.29, 1.82) is 0 Å². The normalized spacial score (nSPS) is 10.4. The molecule has 4 rings (SSSR count). The summed E-state index contributed by atoms with van der Waals surface area (Å²) >= 11 is 0. The fourth-order valence-corrected chi connectivity index (χ4v) is 4.29. The molecule has 4 aromatic rings. The highest BCUT2D eigenvalue weighted by atomic mass is 16.5. The molecule has 0 saturated carbocycles. The van der Waals surface area contributed by atoms with Gasteiger partial charge < -0.3 is 31.5 Å². The first-order valence-electron chi connectivity index (χ1n) is 13.4. The second-order valence-electron chi connectivity index (χ2n) is 9.28. The number of aryl methyl sites for hydroxylation is 1.